The summed E-state index contributed by atoms with van der Waals surface area (Å²) in [6.07, 6.45) is 2.81. The molecule has 0 aromatic heterocycles. The van der Waals surface area contributed by atoms with Crippen LogP contribution in [0.3, 0.4) is 0 Å². The highest BCUT2D eigenvalue weighted by Crippen LogP contribution is 2.14. The molecule has 76 valence electrons. The second kappa shape index (κ2) is 5.16. The van der Waals surface area contributed by atoms with E-state index < -0.39 is 0 Å². The fourth-order valence-electron chi connectivity index (χ4n) is 1.08. The maximum Gasteiger partial charge on any atom is 0.0563 e. The number of benzene rings is 1. The molecule has 1 aromatic carbocycles. The second-order valence-electron chi connectivity index (χ2n) is 3.92. The molecular formula is C12H16ClN. The zero-order valence-corrected chi connectivity index (χ0v) is 9.46. The van der Waals surface area contributed by atoms with E-state index in [0.29, 0.717) is 5.88 Å². The number of nitrogens with zero attached hydrogens (tertiary/aromatic N) is 1. The van der Waals surface area contributed by atoms with Crippen molar-refractivity contribution in [3.05, 3.63) is 35.9 Å². The molecule has 0 aliphatic heterocycles. The largest absolute Gasteiger partial charge is 0.286 e. The molecular weight excluding hydrogens is 194 g/mol. The Morgan fingerprint density at radius 2 is 1.93 bits per heavy atom. The molecule has 0 atom stereocenters. The molecule has 0 bridgehead atoms. The van der Waals surface area contributed by atoms with Crippen molar-refractivity contribution in [3.63, 3.8) is 0 Å². The fraction of sp³-hybridized carbons (Fsp3) is 0.417. The van der Waals surface area contributed by atoms with E-state index in [0.717, 1.165) is 12.0 Å². The smallest absolute Gasteiger partial charge is 0.0563 e. The molecule has 0 unspecified atom stereocenters. The topological polar surface area (TPSA) is 12.4 Å². The number of hydrogen-bond acceptors (Lipinski definition) is 1. The molecule has 0 saturated carbocycles. The van der Waals surface area contributed by atoms with Gasteiger partial charge < -0.3 is 0 Å². The van der Waals surface area contributed by atoms with Crippen LogP contribution in [0.2, 0.25) is 0 Å². The van der Waals surface area contributed by atoms with Gasteiger partial charge in [0.15, 0.2) is 0 Å². The van der Waals surface area contributed by atoms with Gasteiger partial charge in [0.05, 0.1) is 5.54 Å². The average molecular weight is 210 g/mol. The molecule has 0 N–H and O–H groups in total. The number of rotatable bonds is 4. The van der Waals surface area contributed by atoms with Crippen LogP contribution in [0, 0.1) is 0 Å². The highest BCUT2D eigenvalue weighted by Gasteiger charge is 2.13. The van der Waals surface area contributed by atoms with E-state index in [9.17, 15) is 0 Å². The Morgan fingerprint density at radius 3 is 2.50 bits per heavy atom. The van der Waals surface area contributed by atoms with Crippen molar-refractivity contribution in [3.8, 4) is 0 Å². The number of alkyl halides is 1. The highest BCUT2D eigenvalue weighted by molar-refractivity contribution is 6.17. The molecule has 0 saturated heterocycles. The molecule has 2 heteroatoms. The van der Waals surface area contributed by atoms with Crippen molar-refractivity contribution in [1.29, 1.82) is 0 Å². The molecule has 0 radical (unpaired) electrons. The van der Waals surface area contributed by atoms with Gasteiger partial charge in [-0.2, -0.15) is 0 Å². The van der Waals surface area contributed by atoms with Crippen LogP contribution in [0.1, 0.15) is 25.8 Å². The van der Waals surface area contributed by atoms with E-state index in [-0.39, 0.29) is 5.54 Å². The lowest BCUT2D eigenvalue weighted by molar-refractivity contribution is 0.510. The van der Waals surface area contributed by atoms with Gasteiger partial charge in [0.1, 0.15) is 0 Å². The zero-order chi connectivity index (χ0) is 10.4. The first kappa shape index (κ1) is 11.3. The van der Waals surface area contributed by atoms with E-state index in [2.05, 4.69) is 18.8 Å². The molecule has 0 spiro atoms. The van der Waals surface area contributed by atoms with Crippen LogP contribution in [0.15, 0.2) is 35.3 Å². The molecule has 0 aliphatic carbocycles. The van der Waals surface area contributed by atoms with Crippen LogP contribution in [-0.2, 0) is 0 Å². The van der Waals surface area contributed by atoms with Gasteiger partial charge in [-0.15, -0.1) is 11.6 Å². The summed E-state index contributed by atoms with van der Waals surface area (Å²) in [6, 6.07) is 10.1. The molecule has 14 heavy (non-hydrogen) atoms. The van der Waals surface area contributed by atoms with Gasteiger partial charge in [0.25, 0.3) is 0 Å². The van der Waals surface area contributed by atoms with Crippen LogP contribution < -0.4 is 0 Å². The first-order valence-corrected chi connectivity index (χ1v) is 5.34. The van der Waals surface area contributed by atoms with Crippen molar-refractivity contribution < 1.29 is 0 Å². The summed E-state index contributed by atoms with van der Waals surface area (Å²) in [5.74, 6) is 0.652. The van der Waals surface area contributed by atoms with Crippen molar-refractivity contribution in [2.45, 2.75) is 25.8 Å². The summed E-state index contributed by atoms with van der Waals surface area (Å²) in [5, 5.41) is 0. The maximum atomic E-state index is 5.69. The SMILES string of the molecule is CC(C)(CCCl)/N=C/c1ccccc1. The first-order chi connectivity index (χ1) is 6.64. The Hall–Kier alpha value is -0.820. The van der Waals surface area contributed by atoms with Crippen molar-refractivity contribution in [2.75, 3.05) is 5.88 Å². The Morgan fingerprint density at radius 1 is 1.29 bits per heavy atom. The van der Waals surface area contributed by atoms with Crippen LogP contribution in [0.25, 0.3) is 0 Å². The minimum absolute atomic E-state index is 0.0579. The second-order valence-corrected chi connectivity index (χ2v) is 4.30. The van der Waals surface area contributed by atoms with E-state index >= 15 is 0 Å². The summed E-state index contributed by atoms with van der Waals surface area (Å²) < 4.78 is 0. The quantitative estimate of drug-likeness (QED) is 0.532. The molecule has 1 aromatic rings. The lowest BCUT2D eigenvalue weighted by Crippen LogP contribution is -2.17. The standard InChI is InChI=1S/C12H16ClN/c1-12(2,8-9-13)14-10-11-6-4-3-5-7-11/h3-7,10H,8-9H2,1-2H3/b14-10+. The molecule has 1 nitrogen and oxygen atoms in total. The predicted molar refractivity (Wildman–Crippen MR) is 63.5 cm³/mol. The third-order valence-corrected chi connectivity index (χ3v) is 2.26. The fourth-order valence-corrected chi connectivity index (χ4v) is 1.55. The summed E-state index contributed by atoms with van der Waals surface area (Å²) in [5.41, 5.74) is 1.08. The Labute approximate surface area is 90.8 Å². The van der Waals surface area contributed by atoms with E-state index in [1.165, 1.54) is 0 Å². The average Bonchev–Trinajstić information content (AvgIpc) is 2.17. The highest BCUT2D eigenvalue weighted by atomic mass is 35.5. The van der Waals surface area contributed by atoms with Gasteiger partial charge in [-0.3, -0.25) is 4.99 Å². The molecule has 0 fully saturated rings. The molecule has 1 rings (SSSR count). The number of halogens is 1. The normalized spacial score (nSPS) is 12.2. The maximum absolute atomic E-state index is 5.69. The lowest BCUT2D eigenvalue weighted by Gasteiger charge is -2.17. The molecule has 0 heterocycles. The van der Waals surface area contributed by atoms with Crippen LogP contribution in [0.5, 0.6) is 0 Å². The van der Waals surface area contributed by atoms with E-state index in [1.807, 2.05) is 36.5 Å². The number of aliphatic imine (C=N–C) groups is 1. The summed E-state index contributed by atoms with van der Waals surface area (Å²) >= 11 is 5.69. The minimum Gasteiger partial charge on any atom is -0.286 e. The third kappa shape index (κ3) is 3.93. The van der Waals surface area contributed by atoms with Crippen LogP contribution in [-0.4, -0.2) is 17.6 Å². The van der Waals surface area contributed by atoms with Gasteiger partial charge in [-0.1, -0.05) is 30.3 Å². The number of hydrogen-bond donors (Lipinski definition) is 0. The van der Waals surface area contributed by atoms with Crippen molar-refractivity contribution in [2.24, 2.45) is 4.99 Å². The van der Waals surface area contributed by atoms with Crippen LogP contribution in [0.4, 0.5) is 0 Å². The monoisotopic (exact) mass is 209 g/mol. The van der Waals surface area contributed by atoms with E-state index in [1.54, 1.807) is 0 Å². The zero-order valence-electron chi connectivity index (χ0n) is 8.70. The summed E-state index contributed by atoms with van der Waals surface area (Å²) in [4.78, 5) is 4.51. The van der Waals surface area contributed by atoms with Gasteiger partial charge in [0, 0.05) is 12.1 Å². The summed E-state index contributed by atoms with van der Waals surface area (Å²) in [7, 11) is 0. The van der Waals surface area contributed by atoms with Gasteiger partial charge in [-0.25, -0.2) is 0 Å². The van der Waals surface area contributed by atoms with Crippen molar-refractivity contribution >= 4 is 17.8 Å². The lowest BCUT2D eigenvalue weighted by atomic mass is 10.0. The molecule has 0 aliphatic rings. The first-order valence-electron chi connectivity index (χ1n) is 4.80. The third-order valence-electron chi connectivity index (χ3n) is 2.07. The van der Waals surface area contributed by atoms with Crippen LogP contribution >= 0.6 is 11.6 Å². The van der Waals surface area contributed by atoms with Gasteiger partial charge >= 0.3 is 0 Å². The Bertz CT molecular complexity index is 290. The van der Waals surface area contributed by atoms with Gasteiger partial charge in [0.2, 0.25) is 0 Å². The summed E-state index contributed by atoms with van der Waals surface area (Å²) in [6.45, 7) is 4.18. The van der Waals surface area contributed by atoms with Gasteiger partial charge in [-0.05, 0) is 25.8 Å². The Balaban J connectivity index is 2.64. The Kier molecular flexibility index (Phi) is 4.15. The molecule has 0 amide bonds. The van der Waals surface area contributed by atoms with Crippen molar-refractivity contribution in [1.82, 2.24) is 0 Å². The predicted octanol–water partition coefficient (Wildman–Crippen LogP) is 3.51. The minimum atomic E-state index is -0.0579. The van der Waals surface area contributed by atoms with E-state index in [4.69, 9.17) is 11.6 Å².